The Morgan fingerprint density at radius 1 is 1.20 bits per heavy atom. The van der Waals surface area contributed by atoms with E-state index in [4.69, 9.17) is 0 Å². The van der Waals surface area contributed by atoms with Gasteiger partial charge in [0.1, 0.15) is 0 Å². The second-order valence-corrected chi connectivity index (χ2v) is 4.83. The van der Waals surface area contributed by atoms with Crippen molar-refractivity contribution in [2.45, 2.75) is 0 Å². The Balaban J connectivity index is 5.36. The van der Waals surface area contributed by atoms with Crippen LogP contribution < -0.4 is 0 Å². The van der Waals surface area contributed by atoms with Crippen molar-refractivity contribution in [3.8, 4) is 0 Å². The molecule has 0 atom stereocenters. The van der Waals surface area contributed by atoms with E-state index in [1.807, 2.05) is 0 Å². The van der Waals surface area contributed by atoms with Crippen molar-refractivity contribution in [2.75, 3.05) is 14.2 Å². The molecule has 0 aromatic rings. The summed E-state index contributed by atoms with van der Waals surface area (Å²) in [5.74, 6) is -2.17. The number of carbonyl (C=O) groups excluding carboxylic acids is 2. The molecule has 0 unspecified atom stereocenters. The lowest BCUT2D eigenvalue weighted by Gasteiger charge is -2.04. The van der Waals surface area contributed by atoms with Gasteiger partial charge < -0.3 is 13.3 Å². The van der Waals surface area contributed by atoms with E-state index < -0.39 is 27.0 Å². The molecule has 9 heteroatoms. The molecule has 0 saturated carbocycles. The first kappa shape index (κ1) is 13.8. The summed E-state index contributed by atoms with van der Waals surface area (Å²) in [5.41, 5.74) is 0. The van der Waals surface area contributed by atoms with Crippen LogP contribution in [0.2, 0.25) is 0 Å². The van der Waals surface area contributed by atoms with Gasteiger partial charge in [0, 0.05) is 0 Å². The molecule has 0 saturated heterocycles. The molecule has 0 aromatic carbocycles. The number of hydrogen-bond donors (Lipinski definition) is 0. The number of esters is 2. The number of carbonyl (C=O) groups is 2. The van der Waals surface area contributed by atoms with Crippen LogP contribution in [0.4, 0.5) is 0 Å². The van der Waals surface area contributed by atoms with E-state index in [1.165, 1.54) is 0 Å². The van der Waals surface area contributed by atoms with Crippen LogP contribution in [-0.4, -0.2) is 45.1 Å². The minimum atomic E-state index is -4.23. The van der Waals surface area contributed by atoms with E-state index in [0.29, 0.717) is 6.08 Å². The molecular formula is C6H10O7SSi. The van der Waals surface area contributed by atoms with Gasteiger partial charge in [-0.3, -0.25) is 0 Å². The first-order valence-electron chi connectivity index (χ1n) is 3.57. The Labute approximate surface area is 89.7 Å². The van der Waals surface area contributed by atoms with Gasteiger partial charge in [-0.1, -0.05) is 0 Å². The lowest BCUT2D eigenvalue weighted by atomic mass is 10.5. The van der Waals surface area contributed by atoms with Crippen molar-refractivity contribution in [1.82, 2.24) is 0 Å². The van der Waals surface area contributed by atoms with Gasteiger partial charge in [-0.25, -0.2) is 9.59 Å². The Bertz CT molecular complexity index is 382. The summed E-state index contributed by atoms with van der Waals surface area (Å²) in [5, 5.41) is 0. The molecule has 0 aliphatic rings. The standard InChI is InChI=1S/C6H10O7SSi/c1-11-5(7)3-4(6(8)12-2)14(9,10)13-15/h3H,1-2,15H3/b4-3+. The van der Waals surface area contributed by atoms with Crippen LogP contribution in [0, 0.1) is 0 Å². The molecule has 0 heterocycles. The summed E-state index contributed by atoms with van der Waals surface area (Å²) in [4.78, 5) is 20.9. The highest BCUT2D eigenvalue weighted by Crippen LogP contribution is 2.09. The summed E-state index contributed by atoms with van der Waals surface area (Å²) < 4.78 is 34.9. The van der Waals surface area contributed by atoms with Crippen molar-refractivity contribution in [2.24, 2.45) is 0 Å². The van der Waals surface area contributed by atoms with Crippen LogP contribution in [0.15, 0.2) is 11.0 Å². The van der Waals surface area contributed by atoms with Gasteiger partial charge in [0.05, 0.1) is 20.3 Å². The fourth-order valence-electron chi connectivity index (χ4n) is 0.589. The molecule has 0 spiro atoms. The quantitative estimate of drug-likeness (QED) is 0.320. The summed E-state index contributed by atoms with van der Waals surface area (Å²) >= 11 is 0. The lowest BCUT2D eigenvalue weighted by Crippen LogP contribution is -2.18. The Kier molecular flexibility index (Phi) is 5.18. The molecule has 0 radical (unpaired) electrons. The normalized spacial score (nSPS) is 12.3. The highest BCUT2D eigenvalue weighted by Gasteiger charge is 2.26. The third-order valence-corrected chi connectivity index (χ3v) is 3.90. The second-order valence-electron chi connectivity index (χ2n) is 2.14. The molecule has 0 aliphatic heterocycles. The van der Waals surface area contributed by atoms with E-state index in [9.17, 15) is 18.0 Å². The SMILES string of the molecule is COC(=O)/C=C(\C(=O)OC)S(=O)(=O)O[SiH3]. The summed E-state index contributed by atoms with van der Waals surface area (Å²) in [6, 6.07) is 0. The molecule has 86 valence electrons. The van der Waals surface area contributed by atoms with Crippen LogP contribution in [0.3, 0.4) is 0 Å². The minimum Gasteiger partial charge on any atom is -0.466 e. The largest absolute Gasteiger partial charge is 0.466 e. The molecule has 7 nitrogen and oxygen atoms in total. The number of ether oxygens (including phenoxy) is 2. The van der Waals surface area contributed by atoms with Crippen LogP contribution in [0.1, 0.15) is 0 Å². The molecule has 0 amide bonds. The fraction of sp³-hybridized carbons (Fsp3) is 0.333. The van der Waals surface area contributed by atoms with E-state index in [2.05, 4.69) is 13.3 Å². The van der Waals surface area contributed by atoms with Gasteiger partial charge in [-0.2, -0.15) is 8.42 Å². The lowest BCUT2D eigenvalue weighted by molar-refractivity contribution is -0.137. The maximum absolute atomic E-state index is 11.2. The average Bonchev–Trinajstić information content (AvgIpc) is 2.24. The number of hydrogen-bond acceptors (Lipinski definition) is 7. The third-order valence-electron chi connectivity index (χ3n) is 1.33. The highest BCUT2D eigenvalue weighted by molar-refractivity contribution is 7.92. The number of rotatable bonds is 4. The van der Waals surface area contributed by atoms with Crippen LogP contribution in [-0.2, 0) is 33.1 Å². The smallest absolute Gasteiger partial charge is 0.352 e. The van der Waals surface area contributed by atoms with E-state index in [-0.39, 0.29) is 10.5 Å². The van der Waals surface area contributed by atoms with E-state index >= 15 is 0 Å². The molecule has 15 heavy (non-hydrogen) atoms. The Morgan fingerprint density at radius 2 is 1.73 bits per heavy atom. The Hall–Kier alpha value is -1.19. The van der Waals surface area contributed by atoms with Gasteiger partial charge in [0.25, 0.3) is 10.1 Å². The average molecular weight is 254 g/mol. The van der Waals surface area contributed by atoms with Crippen molar-refractivity contribution in [1.29, 1.82) is 0 Å². The predicted molar refractivity (Wildman–Crippen MR) is 52.1 cm³/mol. The summed E-state index contributed by atoms with van der Waals surface area (Å²) in [7, 11) is -2.35. The van der Waals surface area contributed by atoms with Gasteiger partial charge in [-0.15, -0.1) is 0 Å². The molecule has 0 aliphatic carbocycles. The summed E-state index contributed by atoms with van der Waals surface area (Å²) in [6.45, 7) is 0. The van der Waals surface area contributed by atoms with Crippen LogP contribution in [0.25, 0.3) is 0 Å². The monoisotopic (exact) mass is 254 g/mol. The van der Waals surface area contributed by atoms with Crippen molar-refractivity contribution in [3.63, 3.8) is 0 Å². The molecule has 0 N–H and O–H groups in total. The number of methoxy groups -OCH3 is 2. The van der Waals surface area contributed by atoms with Crippen molar-refractivity contribution < 1.29 is 31.4 Å². The van der Waals surface area contributed by atoms with Gasteiger partial charge in [0.15, 0.2) is 15.4 Å². The molecule has 0 bridgehead atoms. The topological polar surface area (TPSA) is 96.0 Å². The second kappa shape index (κ2) is 5.63. The first-order chi connectivity index (χ1) is 6.88. The summed E-state index contributed by atoms with van der Waals surface area (Å²) in [6.07, 6.45) is 0.499. The zero-order chi connectivity index (χ0) is 12.1. The van der Waals surface area contributed by atoms with E-state index in [0.717, 1.165) is 14.2 Å². The predicted octanol–water partition coefficient (Wildman–Crippen LogP) is -2.16. The van der Waals surface area contributed by atoms with Crippen LogP contribution >= 0.6 is 0 Å². The van der Waals surface area contributed by atoms with Crippen LogP contribution in [0.5, 0.6) is 0 Å². The van der Waals surface area contributed by atoms with E-state index in [1.54, 1.807) is 0 Å². The molecular weight excluding hydrogens is 244 g/mol. The zero-order valence-corrected chi connectivity index (χ0v) is 11.2. The van der Waals surface area contributed by atoms with Gasteiger partial charge in [-0.05, 0) is 0 Å². The Morgan fingerprint density at radius 3 is 2.07 bits per heavy atom. The molecule has 0 aromatic heterocycles. The molecule has 0 fully saturated rings. The maximum Gasteiger partial charge on any atom is 0.352 e. The molecule has 0 rings (SSSR count). The van der Waals surface area contributed by atoms with Gasteiger partial charge >= 0.3 is 11.9 Å². The highest BCUT2D eigenvalue weighted by atomic mass is 32.2. The minimum absolute atomic E-state index is 0.143. The maximum atomic E-state index is 11.2. The van der Waals surface area contributed by atoms with Gasteiger partial charge in [0.2, 0.25) is 0 Å². The fourth-order valence-corrected chi connectivity index (χ4v) is 1.84. The third kappa shape index (κ3) is 3.81. The van der Waals surface area contributed by atoms with Crippen molar-refractivity contribution in [3.05, 3.63) is 11.0 Å². The first-order valence-corrected chi connectivity index (χ1v) is 5.80. The zero-order valence-electron chi connectivity index (χ0n) is 8.34. The van der Waals surface area contributed by atoms with Crippen molar-refractivity contribution >= 4 is 32.5 Å².